The fourth-order valence-corrected chi connectivity index (χ4v) is 3.80. The van der Waals surface area contributed by atoms with E-state index in [4.69, 9.17) is 9.47 Å². The summed E-state index contributed by atoms with van der Waals surface area (Å²) in [4.78, 5) is 0. The Bertz CT molecular complexity index is 490. The van der Waals surface area contributed by atoms with E-state index in [1.54, 1.807) is 14.2 Å². The molecule has 0 aliphatic heterocycles. The van der Waals surface area contributed by atoms with Crippen LogP contribution >= 0.6 is 15.9 Å². The van der Waals surface area contributed by atoms with E-state index in [0.717, 1.165) is 41.8 Å². The molecule has 118 valence electrons. The predicted octanol–water partition coefficient (Wildman–Crippen LogP) is 4.48. The molecule has 2 unspecified atom stereocenters. The molecule has 4 heteroatoms. The number of hydrogen-bond acceptors (Lipinski definition) is 3. The van der Waals surface area contributed by atoms with Gasteiger partial charge in [-0.25, -0.2) is 0 Å². The molecule has 21 heavy (non-hydrogen) atoms. The molecule has 0 saturated carbocycles. The van der Waals surface area contributed by atoms with Gasteiger partial charge in [0.15, 0.2) is 0 Å². The second kappa shape index (κ2) is 7.50. The first-order chi connectivity index (χ1) is 10.1. The minimum absolute atomic E-state index is 0.332. The number of benzene rings is 1. The van der Waals surface area contributed by atoms with Crippen LogP contribution in [-0.4, -0.2) is 20.8 Å². The summed E-state index contributed by atoms with van der Waals surface area (Å²) in [6.07, 6.45) is 4.52. The summed E-state index contributed by atoms with van der Waals surface area (Å²) < 4.78 is 12.3. The average Bonchev–Trinajstić information content (AvgIpc) is 2.64. The third-order valence-electron chi connectivity index (χ3n) is 4.28. The van der Waals surface area contributed by atoms with Crippen molar-refractivity contribution >= 4 is 15.9 Å². The molecule has 2 atom stereocenters. The minimum atomic E-state index is 0.332. The zero-order valence-corrected chi connectivity index (χ0v) is 15.0. The number of halogens is 1. The van der Waals surface area contributed by atoms with Gasteiger partial charge in [-0.05, 0) is 60.1 Å². The zero-order chi connectivity index (χ0) is 15.4. The van der Waals surface area contributed by atoms with Crippen LogP contribution in [-0.2, 0) is 6.42 Å². The highest BCUT2D eigenvalue weighted by Gasteiger charge is 2.29. The molecule has 0 fully saturated rings. The maximum atomic E-state index is 5.70. The largest absolute Gasteiger partial charge is 0.496 e. The maximum absolute atomic E-state index is 5.70. The van der Waals surface area contributed by atoms with E-state index in [9.17, 15) is 0 Å². The highest BCUT2D eigenvalue weighted by Crippen LogP contribution is 2.45. The second-order valence-electron chi connectivity index (χ2n) is 5.87. The molecule has 0 aromatic heterocycles. The molecule has 0 amide bonds. The van der Waals surface area contributed by atoms with Crippen molar-refractivity contribution in [2.75, 3.05) is 20.8 Å². The standard InChI is InChI=1S/C17H26BrNO2/c1-5-8-19-14-9-11(2)6-7-12-15(20-3)10-13(18)17(21-4)16(12)14/h10-11,14,19H,5-9H2,1-4H3. The molecular formula is C17H26BrNO2. The highest BCUT2D eigenvalue weighted by molar-refractivity contribution is 9.10. The van der Waals surface area contributed by atoms with Crippen molar-refractivity contribution in [1.82, 2.24) is 5.32 Å². The Kier molecular flexibility index (Phi) is 5.94. The van der Waals surface area contributed by atoms with Crippen LogP contribution in [0.1, 0.15) is 50.3 Å². The summed E-state index contributed by atoms with van der Waals surface area (Å²) in [6.45, 7) is 5.56. The van der Waals surface area contributed by atoms with Crippen molar-refractivity contribution in [3.8, 4) is 11.5 Å². The van der Waals surface area contributed by atoms with Gasteiger partial charge in [0.1, 0.15) is 11.5 Å². The van der Waals surface area contributed by atoms with Crippen molar-refractivity contribution < 1.29 is 9.47 Å². The minimum Gasteiger partial charge on any atom is -0.496 e. The summed E-state index contributed by atoms with van der Waals surface area (Å²) in [5.74, 6) is 2.61. The van der Waals surface area contributed by atoms with Crippen molar-refractivity contribution in [1.29, 1.82) is 0 Å². The number of hydrogen-bond donors (Lipinski definition) is 1. The molecule has 1 aromatic rings. The van der Waals surface area contributed by atoms with Crippen LogP contribution in [0.5, 0.6) is 11.5 Å². The van der Waals surface area contributed by atoms with Gasteiger partial charge in [0, 0.05) is 17.2 Å². The molecule has 1 aliphatic carbocycles. The summed E-state index contributed by atoms with van der Waals surface area (Å²) in [5.41, 5.74) is 2.58. The molecule has 1 N–H and O–H groups in total. The number of nitrogens with one attached hydrogen (secondary N) is 1. The first kappa shape index (κ1) is 16.6. The van der Waals surface area contributed by atoms with Gasteiger partial charge in [0.05, 0.1) is 18.7 Å². The lowest BCUT2D eigenvalue weighted by Gasteiger charge is -2.25. The lowest BCUT2D eigenvalue weighted by molar-refractivity contribution is 0.372. The van der Waals surface area contributed by atoms with Crippen LogP contribution < -0.4 is 14.8 Å². The number of ether oxygens (including phenoxy) is 2. The molecule has 2 rings (SSSR count). The molecule has 0 heterocycles. The lowest BCUT2D eigenvalue weighted by atomic mass is 9.95. The Hall–Kier alpha value is -0.740. The molecule has 0 radical (unpaired) electrons. The first-order valence-electron chi connectivity index (χ1n) is 7.78. The van der Waals surface area contributed by atoms with Crippen LogP contribution in [0.4, 0.5) is 0 Å². The van der Waals surface area contributed by atoms with Crippen molar-refractivity contribution in [2.45, 2.75) is 45.6 Å². The fourth-order valence-electron chi connectivity index (χ4n) is 3.21. The molecule has 3 nitrogen and oxygen atoms in total. The van der Waals surface area contributed by atoms with Gasteiger partial charge in [0.2, 0.25) is 0 Å². The SMILES string of the molecule is CCCNC1CC(C)CCc2c(OC)cc(Br)c(OC)c21. The third-order valence-corrected chi connectivity index (χ3v) is 4.87. The topological polar surface area (TPSA) is 30.5 Å². The molecule has 0 saturated heterocycles. The lowest BCUT2D eigenvalue weighted by Crippen LogP contribution is -2.24. The average molecular weight is 356 g/mol. The van der Waals surface area contributed by atoms with Gasteiger partial charge < -0.3 is 14.8 Å². The number of fused-ring (bicyclic) bond motifs is 1. The monoisotopic (exact) mass is 355 g/mol. The molecular weight excluding hydrogens is 330 g/mol. The second-order valence-corrected chi connectivity index (χ2v) is 6.73. The first-order valence-corrected chi connectivity index (χ1v) is 8.58. The van der Waals surface area contributed by atoms with E-state index in [1.807, 2.05) is 6.07 Å². The third kappa shape index (κ3) is 3.54. The Labute approximate surface area is 136 Å². The summed E-state index contributed by atoms with van der Waals surface area (Å²) >= 11 is 3.63. The molecule has 0 bridgehead atoms. The van der Waals surface area contributed by atoms with E-state index in [-0.39, 0.29) is 0 Å². The van der Waals surface area contributed by atoms with Crippen molar-refractivity contribution in [2.24, 2.45) is 5.92 Å². The molecule has 1 aromatic carbocycles. The smallest absolute Gasteiger partial charge is 0.138 e. The Morgan fingerprint density at radius 2 is 2.10 bits per heavy atom. The van der Waals surface area contributed by atoms with E-state index in [1.165, 1.54) is 17.5 Å². The maximum Gasteiger partial charge on any atom is 0.138 e. The van der Waals surface area contributed by atoms with Gasteiger partial charge in [-0.1, -0.05) is 13.8 Å². The van der Waals surface area contributed by atoms with E-state index in [2.05, 4.69) is 35.1 Å². The number of rotatable bonds is 5. The molecule has 0 spiro atoms. The summed E-state index contributed by atoms with van der Waals surface area (Å²) in [6, 6.07) is 2.36. The predicted molar refractivity (Wildman–Crippen MR) is 90.4 cm³/mol. The van der Waals surface area contributed by atoms with Crippen LogP contribution in [0.3, 0.4) is 0 Å². The highest BCUT2D eigenvalue weighted by atomic mass is 79.9. The summed E-state index contributed by atoms with van der Waals surface area (Å²) in [5, 5.41) is 3.69. The quantitative estimate of drug-likeness (QED) is 0.789. The van der Waals surface area contributed by atoms with E-state index < -0.39 is 0 Å². The Morgan fingerprint density at radius 1 is 1.33 bits per heavy atom. The van der Waals surface area contributed by atoms with Crippen molar-refractivity contribution in [3.63, 3.8) is 0 Å². The van der Waals surface area contributed by atoms with Gasteiger partial charge >= 0.3 is 0 Å². The van der Waals surface area contributed by atoms with E-state index >= 15 is 0 Å². The fraction of sp³-hybridized carbons (Fsp3) is 0.647. The van der Waals surface area contributed by atoms with Crippen LogP contribution in [0.15, 0.2) is 10.5 Å². The van der Waals surface area contributed by atoms with Gasteiger partial charge in [-0.2, -0.15) is 0 Å². The van der Waals surface area contributed by atoms with Gasteiger partial charge in [-0.3, -0.25) is 0 Å². The molecule has 1 aliphatic rings. The van der Waals surface area contributed by atoms with Crippen LogP contribution in [0, 0.1) is 5.92 Å². The van der Waals surface area contributed by atoms with Crippen LogP contribution in [0.25, 0.3) is 0 Å². The number of methoxy groups -OCH3 is 2. The van der Waals surface area contributed by atoms with Crippen LogP contribution in [0.2, 0.25) is 0 Å². The Balaban J connectivity index is 2.55. The van der Waals surface area contributed by atoms with Gasteiger partial charge in [0.25, 0.3) is 0 Å². The normalized spacial score (nSPS) is 21.6. The zero-order valence-electron chi connectivity index (χ0n) is 13.5. The van der Waals surface area contributed by atoms with Gasteiger partial charge in [-0.15, -0.1) is 0 Å². The van der Waals surface area contributed by atoms with E-state index in [0.29, 0.717) is 12.0 Å². The summed E-state index contributed by atoms with van der Waals surface area (Å²) in [7, 11) is 3.50. The van der Waals surface area contributed by atoms with Crippen molar-refractivity contribution in [3.05, 3.63) is 21.7 Å². The Morgan fingerprint density at radius 3 is 2.71 bits per heavy atom.